The van der Waals surface area contributed by atoms with Gasteiger partial charge in [-0.3, -0.25) is 0 Å². The Kier molecular flexibility index (Phi) is 6.03. The van der Waals surface area contributed by atoms with E-state index in [0.29, 0.717) is 13.0 Å². The minimum absolute atomic E-state index is 0.276. The molecule has 0 bridgehead atoms. The Labute approximate surface area is 122 Å². The van der Waals surface area contributed by atoms with Crippen molar-refractivity contribution in [3.8, 4) is 5.75 Å². The van der Waals surface area contributed by atoms with Crippen molar-refractivity contribution in [2.75, 3.05) is 6.61 Å². The SMILES string of the molecule is CC(O)CC(C)(C)OCCC(C)(C)Oc1ccccc1. The Hall–Kier alpha value is -1.06. The van der Waals surface area contributed by atoms with E-state index in [1.807, 2.05) is 44.2 Å². The first kappa shape index (κ1) is 17.0. The van der Waals surface area contributed by atoms with Crippen molar-refractivity contribution in [1.82, 2.24) is 0 Å². The van der Waals surface area contributed by atoms with E-state index in [4.69, 9.17) is 9.47 Å². The van der Waals surface area contributed by atoms with Crippen LogP contribution in [0.3, 0.4) is 0 Å². The van der Waals surface area contributed by atoms with Crippen LogP contribution in [0.4, 0.5) is 0 Å². The lowest BCUT2D eigenvalue weighted by atomic mass is 10.0. The van der Waals surface area contributed by atoms with Crippen molar-refractivity contribution >= 4 is 0 Å². The highest BCUT2D eigenvalue weighted by atomic mass is 16.5. The van der Waals surface area contributed by atoms with Gasteiger partial charge >= 0.3 is 0 Å². The molecule has 0 saturated carbocycles. The second-order valence-corrected chi connectivity index (χ2v) is 6.59. The van der Waals surface area contributed by atoms with Gasteiger partial charge in [0, 0.05) is 12.8 Å². The maximum atomic E-state index is 9.44. The van der Waals surface area contributed by atoms with Crippen LogP contribution in [0, 0.1) is 0 Å². The van der Waals surface area contributed by atoms with Gasteiger partial charge in [0.25, 0.3) is 0 Å². The Balaban J connectivity index is 2.40. The van der Waals surface area contributed by atoms with E-state index in [9.17, 15) is 5.11 Å². The highest BCUT2D eigenvalue weighted by molar-refractivity contribution is 5.21. The molecule has 0 spiro atoms. The number of aliphatic hydroxyl groups is 1. The highest BCUT2D eigenvalue weighted by Gasteiger charge is 2.24. The molecule has 0 saturated heterocycles. The van der Waals surface area contributed by atoms with Crippen molar-refractivity contribution in [1.29, 1.82) is 0 Å². The first-order valence-corrected chi connectivity index (χ1v) is 7.26. The summed E-state index contributed by atoms with van der Waals surface area (Å²) in [6, 6.07) is 9.82. The average Bonchev–Trinajstić information content (AvgIpc) is 2.26. The van der Waals surface area contributed by atoms with Gasteiger partial charge in [0.2, 0.25) is 0 Å². The molecule has 1 aromatic rings. The van der Waals surface area contributed by atoms with Gasteiger partial charge in [0.1, 0.15) is 11.4 Å². The molecule has 3 heteroatoms. The van der Waals surface area contributed by atoms with E-state index in [0.717, 1.165) is 12.2 Å². The maximum Gasteiger partial charge on any atom is 0.120 e. The molecule has 0 aromatic heterocycles. The van der Waals surface area contributed by atoms with Crippen LogP contribution in [0.2, 0.25) is 0 Å². The number of ether oxygens (including phenoxy) is 2. The number of para-hydroxylation sites is 1. The Morgan fingerprint density at radius 1 is 1.05 bits per heavy atom. The zero-order valence-corrected chi connectivity index (χ0v) is 13.3. The van der Waals surface area contributed by atoms with Crippen LogP contribution >= 0.6 is 0 Å². The normalized spacial score (nSPS) is 14.1. The first-order valence-electron chi connectivity index (χ1n) is 7.26. The van der Waals surface area contributed by atoms with Gasteiger partial charge in [0.05, 0.1) is 18.3 Å². The molecule has 114 valence electrons. The molecule has 3 nitrogen and oxygen atoms in total. The third kappa shape index (κ3) is 6.92. The van der Waals surface area contributed by atoms with E-state index in [-0.39, 0.29) is 17.3 Å². The van der Waals surface area contributed by atoms with Crippen LogP contribution in [0.5, 0.6) is 5.75 Å². The van der Waals surface area contributed by atoms with Gasteiger partial charge in [-0.25, -0.2) is 0 Å². The first-order chi connectivity index (χ1) is 9.20. The topological polar surface area (TPSA) is 38.7 Å². The van der Waals surface area contributed by atoms with Crippen LogP contribution in [-0.4, -0.2) is 29.0 Å². The quantitative estimate of drug-likeness (QED) is 0.787. The van der Waals surface area contributed by atoms with Crippen LogP contribution < -0.4 is 4.74 Å². The minimum Gasteiger partial charge on any atom is -0.488 e. The fraction of sp³-hybridized carbons (Fsp3) is 0.647. The second kappa shape index (κ2) is 7.09. The van der Waals surface area contributed by atoms with Crippen molar-refractivity contribution < 1.29 is 14.6 Å². The molecule has 0 amide bonds. The van der Waals surface area contributed by atoms with Crippen LogP contribution in [0.1, 0.15) is 47.5 Å². The molecule has 0 aliphatic heterocycles. The summed E-state index contributed by atoms with van der Waals surface area (Å²) < 4.78 is 11.8. The summed E-state index contributed by atoms with van der Waals surface area (Å²) in [6.07, 6.45) is 1.08. The molecule has 0 radical (unpaired) electrons. The summed E-state index contributed by atoms with van der Waals surface area (Å²) in [5.74, 6) is 0.876. The monoisotopic (exact) mass is 280 g/mol. The van der Waals surface area contributed by atoms with Gasteiger partial charge in [-0.15, -0.1) is 0 Å². The Morgan fingerprint density at radius 3 is 2.20 bits per heavy atom. The molecule has 1 rings (SSSR count). The van der Waals surface area contributed by atoms with Crippen LogP contribution in [-0.2, 0) is 4.74 Å². The molecular weight excluding hydrogens is 252 g/mol. The fourth-order valence-corrected chi connectivity index (χ4v) is 2.20. The van der Waals surface area contributed by atoms with Crippen molar-refractivity contribution in [2.45, 2.75) is 64.8 Å². The van der Waals surface area contributed by atoms with Crippen molar-refractivity contribution in [3.63, 3.8) is 0 Å². The smallest absolute Gasteiger partial charge is 0.120 e. The second-order valence-electron chi connectivity index (χ2n) is 6.59. The van der Waals surface area contributed by atoms with Crippen molar-refractivity contribution in [3.05, 3.63) is 30.3 Å². The van der Waals surface area contributed by atoms with E-state index >= 15 is 0 Å². The molecule has 20 heavy (non-hydrogen) atoms. The number of hydrogen-bond donors (Lipinski definition) is 1. The van der Waals surface area contributed by atoms with E-state index in [2.05, 4.69) is 13.8 Å². The van der Waals surface area contributed by atoms with Crippen LogP contribution in [0.15, 0.2) is 30.3 Å². The number of aliphatic hydroxyl groups excluding tert-OH is 1. The lowest BCUT2D eigenvalue weighted by Crippen LogP contribution is -2.34. The summed E-state index contributed by atoms with van der Waals surface area (Å²) >= 11 is 0. The predicted molar refractivity (Wildman–Crippen MR) is 82.1 cm³/mol. The molecule has 1 unspecified atom stereocenters. The van der Waals surface area contributed by atoms with Gasteiger partial charge in [-0.2, -0.15) is 0 Å². The van der Waals surface area contributed by atoms with Crippen LogP contribution in [0.25, 0.3) is 0 Å². The van der Waals surface area contributed by atoms with Crippen molar-refractivity contribution in [2.24, 2.45) is 0 Å². The predicted octanol–water partition coefficient (Wildman–Crippen LogP) is 3.80. The van der Waals surface area contributed by atoms with E-state index < -0.39 is 0 Å². The lowest BCUT2D eigenvalue weighted by molar-refractivity contribution is -0.0619. The summed E-state index contributed by atoms with van der Waals surface area (Å²) in [4.78, 5) is 0. The summed E-state index contributed by atoms with van der Waals surface area (Å²) in [5, 5.41) is 9.44. The number of benzene rings is 1. The summed E-state index contributed by atoms with van der Waals surface area (Å²) in [7, 11) is 0. The molecule has 1 atom stereocenters. The average molecular weight is 280 g/mol. The fourth-order valence-electron chi connectivity index (χ4n) is 2.20. The molecule has 0 fully saturated rings. The third-order valence-electron chi connectivity index (χ3n) is 3.12. The lowest BCUT2D eigenvalue weighted by Gasteiger charge is -2.30. The zero-order chi connectivity index (χ0) is 15.2. The standard InChI is InChI=1S/C17H28O3/c1-14(18)13-17(4,5)19-12-11-16(2,3)20-15-9-7-6-8-10-15/h6-10,14,18H,11-13H2,1-5H3. The van der Waals surface area contributed by atoms with Gasteiger partial charge in [-0.1, -0.05) is 18.2 Å². The third-order valence-corrected chi connectivity index (χ3v) is 3.12. The van der Waals surface area contributed by atoms with Gasteiger partial charge < -0.3 is 14.6 Å². The molecule has 0 aliphatic carbocycles. The molecule has 1 N–H and O–H groups in total. The highest BCUT2D eigenvalue weighted by Crippen LogP contribution is 2.23. The molecular formula is C17H28O3. The molecule has 1 aromatic carbocycles. The number of hydrogen-bond acceptors (Lipinski definition) is 3. The summed E-state index contributed by atoms with van der Waals surface area (Å²) in [5.41, 5.74) is -0.584. The number of rotatable bonds is 8. The molecule has 0 aliphatic rings. The van der Waals surface area contributed by atoms with Gasteiger partial charge in [-0.05, 0) is 46.8 Å². The van der Waals surface area contributed by atoms with E-state index in [1.165, 1.54) is 0 Å². The maximum absolute atomic E-state index is 9.44. The summed E-state index contributed by atoms with van der Waals surface area (Å²) in [6.45, 7) is 10.5. The largest absolute Gasteiger partial charge is 0.488 e. The Bertz CT molecular complexity index is 382. The Morgan fingerprint density at radius 2 is 1.65 bits per heavy atom. The van der Waals surface area contributed by atoms with E-state index in [1.54, 1.807) is 6.92 Å². The van der Waals surface area contributed by atoms with Gasteiger partial charge in [0.15, 0.2) is 0 Å². The molecule has 0 heterocycles. The minimum atomic E-state index is -0.349. The zero-order valence-electron chi connectivity index (χ0n) is 13.3.